The number of likely N-dealkylation sites (tertiary alicyclic amines) is 1. The van der Waals surface area contributed by atoms with Crippen LogP contribution in [0.15, 0.2) is 54.9 Å². The van der Waals surface area contributed by atoms with Crippen LogP contribution in [0.25, 0.3) is 11.0 Å². The molecule has 0 spiro atoms. The number of piperidine rings is 1. The van der Waals surface area contributed by atoms with Gasteiger partial charge in [0.15, 0.2) is 0 Å². The predicted molar refractivity (Wildman–Crippen MR) is 174 cm³/mol. The van der Waals surface area contributed by atoms with Crippen LogP contribution in [0.2, 0.25) is 0 Å². The van der Waals surface area contributed by atoms with Crippen LogP contribution in [0.1, 0.15) is 45.2 Å². The van der Waals surface area contributed by atoms with E-state index < -0.39 is 30.4 Å². The molecule has 5 rings (SSSR count). The van der Waals surface area contributed by atoms with Gasteiger partial charge < -0.3 is 25.3 Å². The molecule has 3 aromatic carbocycles. The number of halogens is 5. The molecule has 1 aliphatic rings. The molecule has 0 radical (unpaired) electrons. The molecule has 14 heteroatoms. The summed E-state index contributed by atoms with van der Waals surface area (Å²) >= 11 is 0. The zero-order valence-corrected chi connectivity index (χ0v) is 27.0. The number of hydrogen-bond acceptors (Lipinski definition) is 6. The maximum Gasteiger partial charge on any atom is 0.406 e. The summed E-state index contributed by atoms with van der Waals surface area (Å²) in [6.07, 6.45) is -2.84. The second-order valence-electron chi connectivity index (χ2n) is 11.9. The molecular formula is C35H35F5N6O3. The van der Waals surface area contributed by atoms with Gasteiger partial charge in [0.2, 0.25) is 0 Å². The fraction of sp³-hybridized carbons (Fsp3) is 0.343. The first-order chi connectivity index (χ1) is 23.3. The third-order valence-corrected chi connectivity index (χ3v) is 8.31. The molecule has 1 fully saturated rings. The number of rotatable bonds is 9. The molecule has 1 aromatic heterocycles. The number of alkyl halides is 3. The maximum atomic E-state index is 14.4. The van der Waals surface area contributed by atoms with Gasteiger partial charge in [0.05, 0.1) is 42.3 Å². The van der Waals surface area contributed by atoms with E-state index in [0.717, 1.165) is 22.5 Å². The van der Waals surface area contributed by atoms with E-state index in [4.69, 9.17) is 4.74 Å². The monoisotopic (exact) mass is 682 g/mol. The number of amides is 2. The molecule has 2 atom stereocenters. The number of benzene rings is 3. The lowest BCUT2D eigenvalue weighted by atomic mass is 9.93. The molecule has 3 N–H and O–H groups in total. The number of carbonyl (C=O) groups is 2. The van der Waals surface area contributed by atoms with Gasteiger partial charge in [-0.05, 0) is 48.2 Å². The first-order valence-corrected chi connectivity index (χ1v) is 15.5. The van der Waals surface area contributed by atoms with Gasteiger partial charge in [-0.25, -0.2) is 13.8 Å². The molecule has 1 aliphatic heterocycles. The molecule has 2 amide bonds. The number of methoxy groups -OCH3 is 1. The normalized spacial score (nSPS) is 16.5. The highest BCUT2D eigenvalue weighted by Gasteiger charge is 2.31. The molecule has 49 heavy (non-hydrogen) atoms. The fourth-order valence-electron chi connectivity index (χ4n) is 5.87. The predicted octanol–water partition coefficient (Wildman–Crippen LogP) is 5.35. The zero-order chi connectivity index (χ0) is 35.3. The molecule has 2 heterocycles. The summed E-state index contributed by atoms with van der Waals surface area (Å²) < 4.78 is 74.0. The molecule has 1 saturated heterocycles. The number of fused-ring (bicyclic) bond motifs is 1. The number of nitrogens with one attached hydrogen (secondary N) is 3. The summed E-state index contributed by atoms with van der Waals surface area (Å²) in [7, 11) is 2.72. The Morgan fingerprint density at radius 1 is 1.06 bits per heavy atom. The van der Waals surface area contributed by atoms with Crippen molar-refractivity contribution in [1.29, 1.82) is 0 Å². The summed E-state index contributed by atoms with van der Waals surface area (Å²) in [5, 5.41) is 8.38. The van der Waals surface area contributed by atoms with E-state index in [-0.39, 0.29) is 57.8 Å². The van der Waals surface area contributed by atoms with Crippen molar-refractivity contribution in [2.75, 3.05) is 39.1 Å². The molecule has 4 aromatic rings. The molecule has 0 saturated carbocycles. The van der Waals surface area contributed by atoms with Crippen LogP contribution in [0.5, 0.6) is 5.75 Å². The topological polar surface area (TPSA) is 101 Å². The van der Waals surface area contributed by atoms with Gasteiger partial charge in [0, 0.05) is 44.4 Å². The van der Waals surface area contributed by atoms with Gasteiger partial charge in [-0.2, -0.15) is 13.2 Å². The minimum atomic E-state index is -4.53. The van der Waals surface area contributed by atoms with Crippen LogP contribution in [-0.2, 0) is 13.1 Å². The zero-order valence-electron chi connectivity index (χ0n) is 27.0. The van der Waals surface area contributed by atoms with Crippen LogP contribution in [-0.4, -0.2) is 72.3 Å². The molecule has 258 valence electrons. The van der Waals surface area contributed by atoms with Crippen LogP contribution in [0.4, 0.5) is 27.6 Å². The highest BCUT2D eigenvalue weighted by molar-refractivity contribution is 6.05. The number of nitrogens with zero attached hydrogens (tertiary/aromatic N) is 3. The quantitative estimate of drug-likeness (QED) is 0.163. The molecule has 9 nitrogen and oxygen atoms in total. The minimum Gasteiger partial charge on any atom is -0.494 e. The first kappa shape index (κ1) is 35.2. The van der Waals surface area contributed by atoms with Crippen molar-refractivity contribution in [2.24, 2.45) is 5.92 Å². The SMILES string of the molecule is CNC(=O)c1cc(NCC#Cc2cc(C(=O)N[C@H]3CCN(Cc4ccc(F)cc4)C[C@@H]3C)c3ncn(CC(F)(F)F)c3c2)c(OC)cc1F. The number of carbonyl (C=O) groups excluding carboxylic acids is 2. The Kier molecular flexibility index (Phi) is 10.7. The molecule has 0 bridgehead atoms. The van der Waals surface area contributed by atoms with Crippen LogP contribution in [0.3, 0.4) is 0 Å². The number of hydrogen-bond donors (Lipinski definition) is 3. The molecule has 0 aliphatic carbocycles. The van der Waals surface area contributed by atoms with Crippen LogP contribution < -0.4 is 20.7 Å². The first-order valence-electron chi connectivity index (χ1n) is 15.5. The summed E-state index contributed by atoms with van der Waals surface area (Å²) in [4.78, 5) is 32.1. The Balaban J connectivity index is 1.35. The van der Waals surface area contributed by atoms with Crippen molar-refractivity contribution >= 4 is 28.5 Å². The minimum absolute atomic E-state index is 0.00936. The summed E-state index contributed by atoms with van der Waals surface area (Å²) in [5.74, 6) is 3.76. The van der Waals surface area contributed by atoms with E-state index in [2.05, 4.69) is 37.7 Å². The average molecular weight is 683 g/mol. The smallest absolute Gasteiger partial charge is 0.406 e. The van der Waals surface area contributed by atoms with Gasteiger partial charge in [-0.15, -0.1) is 0 Å². The van der Waals surface area contributed by atoms with Crippen molar-refractivity contribution in [1.82, 2.24) is 25.1 Å². The van der Waals surface area contributed by atoms with Gasteiger partial charge in [-0.3, -0.25) is 14.5 Å². The Morgan fingerprint density at radius 3 is 2.49 bits per heavy atom. The number of aromatic nitrogens is 2. The van der Waals surface area contributed by atoms with Crippen LogP contribution >= 0.6 is 0 Å². The van der Waals surface area contributed by atoms with Crippen LogP contribution in [0, 0.1) is 29.4 Å². The van der Waals surface area contributed by atoms with Crippen molar-refractivity contribution < 1.29 is 36.3 Å². The maximum absolute atomic E-state index is 14.4. The second kappa shape index (κ2) is 14.9. The average Bonchev–Trinajstić information content (AvgIpc) is 3.45. The summed E-state index contributed by atoms with van der Waals surface area (Å²) in [5.41, 5.74) is 1.66. The van der Waals surface area contributed by atoms with E-state index in [0.29, 0.717) is 31.7 Å². The highest BCUT2D eigenvalue weighted by atomic mass is 19.4. The Morgan fingerprint density at radius 2 is 1.82 bits per heavy atom. The lowest BCUT2D eigenvalue weighted by molar-refractivity contribution is -0.140. The second-order valence-corrected chi connectivity index (χ2v) is 11.9. The lowest BCUT2D eigenvalue weighted by Crippen LogP contribution is -2.49. The van der Waals surface area contributed by atoms with Gasteiger partial charge in [-0.1, -0.05) is 30.9 Å². The van der Waals surface area contributed by atoms with E-state index in [9.17, 15) is 31.5 Å². The number of ether oxygens (including phenoxy) is 1. The van der Waals surface area contributed by atoms with E-state index in [1.165, 1.54) is 44.5 Å². The van der Waals surface area contributed by atoms with Gasteiger partial charge >= 0.3 is 6.18 Å². The number of anilines is 1. The van der Waals surface area contributed by atoms with Crippen molar-refractivity contribution in [3.63, 3.8) is 0 Å². The number of imidazole rings is 1. The Labute approximate surface area is 279 Å². The van der Waals surface area contributed by atoms with E-state index >= 15 is 0 Å². The molecule has 0 unspecified atom stereocenters. The fourth-order valence-corrected chi connectivity index (χ4v) is 5.87. The van der Waals surface area contributed by atoms with Gasteiger partial charge in [0.1, 0.15) is 29.4 Å². The lowest BCUT2D eigenvalue weighted by Gasteiger charge is -2.37. The van der Waals surface area contributed by atoms with Crippen molar-refractivity contribution in [2.45, 2.75) is 38.7 Å². The van der Waals surface area contributed by atoms with E-state index in [1.54, 1.807) is 12.1 Å². The van der Waals surface area contributed by atoms with Crippen molar-refractivity contribution in [3.05, 3.63) is 88.7 Å². The Bertz CT molecular complexity index is 1900. The third kappa shape index (κ3) is 8.66. The Hall–Kier alpha value is -5.16. The summed E-state index contributed by atoms with van der Waals surface area (Å²) in [6.45, 7) is 2.71. The third-order valence-electron chi connectivity index (χ3n) is 8.31. The largest absolute Gasteiger partial charge is 0.494 e. The van der Waals surface area contributed by atoms with Gasteiger partial charge in [0.25, 0.3) is 11.8 Å². The molecular weight excluding hydrogens is 647 g/mol. The highest BCUT2D eigenvalue weighted by Crippen LogP contribution is 2.29. The summed E-state index contributed by atoms with van der Waals surface area (Å²) in [6, 6.07) is 11.4. The standard InChI is InChI=1S/C35H35F5N6O3/c1-21-17-45(18-22-6-8-24(36)9-7-22)12-10-28(21)44-34(48)26-13-23(14-30-32(26)43-20-46(30)19-35(38,39)40)5-4-11-42-29-15-25(33(47)41-2)27(37)16-31(29)49-3/h6-9,13-16,20-21,28,42H,10-12,17-19H2,1-3H3,(H,41,47)(H,44,48)/t21-,28-/m0/s1. The van der Waals surface area contributed by atoms with E-state index in [1.807, 2.05) is 6.92 Å². The van der Waals surface area contributed by atoms with Crippen molar-refractivity contribution in [3.8, 4) is 17.6 Å².